The minimum absolute atomic E-state index is 0. The number of hydrogen-bond donors (Lipinski definition) is 2. The second-order valence-electron chi connectivity index (χ2n) is 7.98. The first-order valence-electron chi connectivity index (χ1n) is 11.0. The molecule has 2 fully saturated rings. The van der Waals surface area contributed by atoms with E-state index >= 15 is 0 Å². The maximum Gasteiger partial charge on any atom is 0.194 e. The number of guanidine groups is 1. The molecule has 0 amide bonds. The molecule has 32 heavy (non-hydrogen) atoms. The molecule has 2 aromatic carbocycles. The van der Waals surface area contributed by atoms with Gasteiger partial charge in [0.25, 0.3) is 0 Å². The van der Waals surface area contributed by atoms with E-state index in [1.807, 2.05) is 12.1 Å². The molecule has 0 aliphatic carbocycles. The Balaban J connectivity index is 0.00000289. The number of phenols is 1. The van der Waals surface area contributed by atoms with Gasteiger partial charge in [0.2, 0.25) is 0 Å². The van der Waals surface area contributed by atoms with E-state index in [4.69, 9.17) is 14.5 Å². The zero-order chi connectivity index (χ0) is 21.6. The molecule has 2 saturated heterocycles. The highest BCUT2D eigenvalue weighted by Gasteiger charge is 2.41. The van der Waals surface area contributed by atoms with Crippen LogP contribution in [0.3, 0.4) is 0 Å². The number of aliphatic imine (C=N–C) groups is 1. The number of aromatic hydroxyl groups is 1. The third-order valence-corrected chi connectivity index (χ3v) is 5.98. The van der Waals surface area contributed by atoms with Crippen molar-refractivity contribution in [1.82, 2.24) is 15.1 Å². The van der Waals surface area contributed by atoms with Gasteiger partial charge in [0.05, 0.1) is 32.4 Å². The van der Waals surface area contributed by atoms with Gasteiger partial charge in [0, 0.05) is 38.3 Å². The summed E-state index contributed by atoms with van der Waals surface area (Å²) in [7, 11) is 1.55. The van der Waals surface area contributed by atoms with Crippen molar-refractivity contribution in [2.75, 3.05) is 39.9 Å². The van der Waals surface area contributed by atoms with Gasteiger partial charge in [-0.15, -0.1) is 24.0 Å². The molecule has 174 valence electrons. The van der Waals surface area contributed by atoms with Gasteiger partial charge in [-0.3, -0.25) is 4.90 Å². The number of nitrogens with zero attached hydrogens (tertiary/aromatic N) is 3. The van der Waals surface area contributed by atoms with Gasteiger partial charge >= 0.3 is 0 Å². The lowest BCUT2D eigenvalue weighted by Crippen LogP contribution is -2.50. The van der Waals surface area contributed by atoms with E-state index in [2.05, 4.69) is 52.4 Å². The van der Waals surface area contributed by atoms with Crippen LogP contribution in [-0.4, -0.2) is 72.9 Å². The standard InChI is InChI=1S/C24H32N4O3.HI/c1-3-25-24(26-14-19-10-7-11-21(30-2)23(19)29)28-16-20-22(17-28)31-13-12-27(20)15-18-8-5-4-6-9-18;/h4-11,20,22,29H,3,12-17H2,1-2H3,(H,25,26);1H. The van der Waals surface area contributed by atoms with E-state index in [1.165, 1.54) is 5.56 Å². The molecule has 8 heteroatoms. The Hall–Kier alpha value is -2.04. The van der Waals surface area contributed by atoms with Crippen molar-refractivity contribution in [3.05, 3.63) is 59.7 Å². The lowest BCUT2D eigenvalue weighted by Gasteiger charge is -2.36. The largest absolute Gasteiger partial charge is 0.504 e. The van der Waals surface area contributed by atoms with Crippen LogP contribution in [0.15, 0.2) is 53.5 Å². The normalized spacial score (nSPS) is 21.1. The van der Waals surface area contributed by atoms with E-state index in [1.54, 1.807) is 13.2 Å². The van der Waals surface area contributed by atoms with Crippen molar-refractivity contribution < 1.29 is 14.6 Å². The second kappa shape index (κ2) is 11.7. The Kier molecular flexibility index (Phi) is 9.01. The molecule has 0 aromatic heterocycles. The molecule has 2 unspecified atom stereocenters. The minimum atomic E-state index is 0. The van der Waals surface area contributed by atoms with Crippen molar-refractivity contribution in [2.45, 2.75) is 32.2 Å². The molecular formula is C24H33IN4O3. The third kappa shape index (κ3) is 5.65. The van der Waals surface area contributed by atoms with Crippen LogP contribution in [0.1, 0.15) is 18.1 Å². The number of likely N-dealkylation sites (tertiary alicyclic amines) is 1. The quantitative estimate of drug-likeness (QED) is 0.326. The number of benzene rings is 2. The Morgan fingerprint density at radius 3 is 2.75 bits per heavy atom. The topological polar surface area (TPSA) is 69.6 Å². The lowest BCUT2D eigenvalue weighted by molar-refractivity contribution is -0.0502. The highest BCUT2D eigenvalue weighted by Crippen LogP contribution is 2.30. The van der Waals surface area contributed by atoms with Crippen LogP contribution < -0.4 is 10.1 Å². The van der Waals surface area contributed by atoms with Crippen LogP contribution >= 0.6 is 24.0 Å². The van der Waals surface area contributed by atoms with Crippen LogP contribution in [0.2, 0.25) is 0 Å². The number of methoxy groups -OCH3 is 1. The van der Waals surface area contributed by atoms with Gasteiger partial charge in [-0.05, 0) is 18.6 Å². The summed E-state index contributed by atoms with van der Waals surface area (Å²) >= 11 is 0. The van der Waals surface area contributed by atoms with Gasteiger partial charge in [-0.2, -0.15) is 0 Å². The van der Waals surface area contributed by atoms with Crippen molar-refractivity contribution in [3.8, 4) is 11.5 Å². The van der Waals surface area contributed by atoms with Crippen LogP contribution in [0.4, 0.5) is 0 Å². The average Bonchev–Trinajstić information content (AvgIpc) is 3.23. The molecule has 2 aliphatic heterocycles. The van der Waals surface area contributed by atoms with E-state index in [0.717, 1.165) is 50.9 Å². The maximum atomic E-state index is 10.4. The number of rotatable bonds is 6. The predicted octanol–water partition coefficient (Wildman–Crippen LogP) is 3.07. The average molecular weight is 552 g/mol. The summed E-state index contributed by atoms with van der Waals surface area (Å²) in [6.07, 6.45) is 0.173. The summed E-state index contributed by atoms with van der Waals surface area (Å²) in [6.45, 7) is 7.54. The molecule has 2 aliphatic rings. The highest BCUT2D eigenvalue weighted by molar-refractivity contribution is 14.0. The van der Waals surface area contributed by atoms with E-state index in [0.29, 0.717) is 18.3 Å². The summed E-state index contributed by atoms with van der Waals surface area (Å²) < 4.78 is 11.3. The van der Waals surface area contributed by atoms with Crippen molar-refractivity contribution >= 4 is 29.9 Å². The molecule has 2 N–H and O–H groups in total. The van der Waals surface area contributed by atoms with Crippen LogP contribution in [0, 0.1) is 0 Å². The first-order valence-corrected chi connectivity index (χ1v) is 11.0. The van der Waals surface area contributed by atoms with E-state index < -0.39 is 0 Å². The number of morpholine rings is 1. The second-order valence-corrected chi connectivity index (χ2v) is 7.98. The Labute approximate surface area is 207 Å². The fraction of sp³-hybridized carbons (Fsp3) is 0.458. The highest BCUT2D eigenvalue weighted by atomic mass is 127. The van der Waals surface area contributed by atoms with Crippen molar-refractivity contribution in [3.63, 3.8) is 0 Å². The Morgan fingerprint density at radius 1 is 1.19 bits per heavy atom. The van der Waals surface area contributed by atoms with Gasteiger partial charge < -0.3 is 24.8 Å². The number of fused-ring (bicyclic) bond motifs is 1. The molecule has 0 bridgehead atoms. The summed E-state index contributed by atoms with van der Waals surface area (Å²) in [5.74, 6) is 1.47. The molecule has 4 rings (SSSR count). The molecular weight excluding hydrogens is 519 g/mol. The monoisotopic (exact) mass is 552 g/mol. The molecule has 2 aromatic rings. The maximum absolute atomic E-state index is 10.4. The summed E-state index contributed by atoms with van der Waals surface area (Å²) in [5.41, 5.74) is 2.07. The first kappa shape index (κ1) is 24.6. The number of para-hydroxylation sites is 1. The van der Waals surface area contributed by atoms with Gasteiger partial charge in [-0.1, -0.05) is 42.5 Å². The summed E-state index contributed by atoms with van der Waals surface area (Å²) in [6, 6.07) is 16.4. The number of halogens is 1. The SMILES string of the molecule is CCNC(=NCc1cccc(OC)c1O)N1CC2OCCN(Cc3ccccc3)C2C1.I. The Morgan fingerprint density at radius 2 is 2.00 bits per heavy atom. The lowest BCUT2D eigenvalue weighted by atomic mass is 10.1. The third-order valence-electron chi connectivity index (χ3n) is 5.98. The van der Waals surface area contributed by atoms with Crippen molar-refractivity contribution in [2.24, 2.45) is 4.99 Å². The molecule has 0 spiro atoms. The van der Waals surface area contributed by atoms with Gasteiger partial charge in [0.15, 0.2) is 17.5 Å². The predicted molar refractivity (Wildman–Crippen MR) is 137 cm³/mol. The van der Waals surface area contributed by atoms with E-state index in [-0.39, 0.29) is 35.8 Å². The molecule has 0 saturated carbocycles. The Bertz CT molecular complexity index is 896. The van der Waals surface area contributed by atoms with E-state index in [9.17, 15) is 5.11 Å². The fourth-order valence-electron chi connectivity index (χ4n) is 4.39. The van der Waals surface area contributed by atoms with Crippen LogP contribution in [0.5, 0.6) is 11.5 Å². The zero-order valence-corrected chi connectivity index (χ0v) is 21.1. The molecule has 2 heterocycles. The molecule has 7 nitrogen and oxygen atoms in total. The van der Waals surface area contributed by atoms with Crippen molar-refractivity contribution in [1.29, 1.82) is 0 Å². The number of hydrogen-bond acceptors (Lipinski definition) is 5. The number of nitrogens with one attached hydrogen (secondary N) is 1. The number of ether oxygens (including phenoxy) is 2. The molecule has 0 radical (unpaired) electrons. The number of phenolic OH excluding ortho intramolecular Hbond substituents is 1. The smallest absolute Gasteiger partial charge is 0.194 e. The minimum Gasteiger partial charge on any atom is -0.504 e. The summed E-state index contributed by atoms with van der Waals surface area (Å²) in [5, 5.41) is 13.8. The van der Waals surface area contributed by atoms with Gasteiger partial charge in [-0.25, -0.2) is 4.99 Å². The summed E-state index contributed by atoms with van der Waals surface area (Å²) in [4.78, 5) is 9.62. The van der Waals surface area contributed by atoms with Crippen LogP contribution in [0.25, 0.3) is 0 Å². The fourth-order valence-corrected chi connectivity index (χ4v) is 4.39. The van der Waals surface area contributed by atoms with Crippen LogP contribution in [-0.2, 0) is 17.8 Å². The first-order chi connectivity index (χ1) is 15.2. The zero-order valence-electron chi connectivity index (χ0n) is 18.7. The van der Waals surface area contributed by atoms with Gasteiger partial charge in [0.1, 0.15) is 0 Å². The molecule has 2 atom stereocenters.